The Bertz CT molecular complexity index is 353. The zero-order valence-corrected chi connectivity index (χ0v) is 11.4. The van der Waals surface area contributed by atoms with Gasteiger partial charge < -0.3 is 10.2 Å². The van der Waals surface area contributed by atoms with Crippen LogP contribution in [-0.4, -0.2) is 23.4 Å². The van der Waals surface area contributed by atoms with Crippen LogP contribution in [0.5, 0.6) is 0 Å². The Balaban J connectivity index is 2.90. The third-order valence-corrected chi connectivity index (χ3v) is 3.84. The number of rotatable bonds is 5. The van der Waals surface area contributed by atoms with Crippen LogP contribution in [0.3, 0.4) is 0 Å². The van der Waals surface area contributed by atoms with Crippen LogP contribution in [0.1, 0.15) is 34.2 Å². The first kappa shape index (κ1) is 14.2. The lowest BCUT2D eigenvalue weighted by Gasteiger charge is -2.17. The molecule has 0 spiro atoms. The Morgan fingerprint density at radius 2 is 1.41 bits per heavy atom. The highest BCUT2D eigenvalue weighted by molar-refractivity contribution is 5.44. The highest BCUT2D eigenvalue weighted by atomic mass is 16.3. The number of aliphatic hydroxyl groups excluding tert-OH is 2. The second-order valence-corrected chi connectivity index (χ2v) is 5.01. The molecule has 0 aromatic heterocycles. The quantitative estimate of drug-likeness (QED) is 0.824. The van der Waals surface area contributed by atoms with Crippen molar-refractivity contribution in [1.82, 2.24) is 0 Å². The van der Waals surface area contributed by atoms with E-state index in [9.17, 15) is 0 Å². The summed E-state index contributed by atoms with van der Waals surface area (Å²) in [6, 6.07) is 2.23. The molecule has 1 aromatic carbocycles. The Labute approximate surface area is 104 Å². The maximum absolute atomic E-state index is 9.09. The zero-order chi connectivity index (χ0) is 13.0. The molecule has 0 amide bonds. The van der Waals surface area contributed by atoms with E-state index in [1.54, 1.807) is 0 Å². The van der Waals surface area contributed by atoms with Crippen LogP contribution in [0.4, 0.5) is 0 Å². The monoisotopic (exact) mass is 236 g/mol. The molecule has 2 nitrogen and oxygen atoms in total. The largest absolute Gasteiger partial charge is 0.396 e. The van der Waals surface area contributed by atoms with Crippen LogP contribution < -0.4 is 0 Å². The number of benzene rings is 1. The fraction of sp³-hybridized carbons (Fsp3) is 0.600. The van der Waals surface area contributed by atoms with Crippen LogP contribution in [0.15, 0.2) is 6.07 Å². The lowest BCUT2D eigenvalue weighted by atomic mass is 9.89. The average Bonchev–Trinajstić information content (AvgIpc) is 2.31. The van der Waals surface area contributed by atoms with E-state index in [1.807, 2.05) is 0 Å². The normalized spacial score (nSPS) is 11.2. The summed E-state index contributed by atoms with van der Waals surface area (Å²) in [5, 5.41) is 18.2. The molecule has 1 aromatic rings. The molecular formula is C15H24O2. The Kier molecular flexibility index (Phi) is 5.16. The van der Waals surface area contributed by atoms with Crippen LogP contribution in [-0.2, 0) is 6.42 Å². The topological polar surface area (TPSA) is 40.5 Å². The van der Waals surface area contributed by atoms with Gasteiger partial charge in [0.1, 0.15) is 0 Å². The molecule has 0 aliphatic carbocycles. The van der Waals surface area contributed by atoms with Crippen molar-refractivity contribution in [3.8, 4) is 0 Å². The smallest absolute Gasteiger partial charge is 0.0481 e. The van der Waals surface area contributed by atoms with Crippen LogP contribution in [0.25, 0.3) is 0 Å². The number of hydrogen-bond acceptors (Lipinski definition) is 2. The summed E-state index contributed by atoms with van der Waals surface area (Å²) in [5.74, 6) is 0.00891. The molecule has 0 atom stereocenters. The van der Waals surface area contributed by atoms with Crippen molar-refractivity contribution < 1.29 is 10.2 Å². The van der Waals surface area contributed by atoms with Crippen molar-refractivity contribution in [2.45, 2.75) is 40.5 Å². The van der Waals surface area contributed by atoms with Crippen molar-refractivity contribution in [3.63, 3.8) is 0 Å². The number of aryl methyl sites for hydroxylation is 2. The van der Waals surface area contributed by atoms with Crippen molar-refractivity contribution in [2.75, 3.05) is 13.2 Å². The minimum atomic E-state index is 0.00891. The van der Waals surface area contributed by atoms with E-state index in [1.165, 1.54) is 27.8 Å². The maximum Gasteiger partial charge on any atom is 0.0481 e. The minimum absolute atomic E-state index is 0.00891. The van der Waals surface area contributed by atoms with E-state index in [-0.39, 0.29) is 19.1 Å². The van der Waals surface area contributed by atoms with Gasteiger partial charge in [0.15, 0.2) is 0 Å². The molecule has 2 heteroatoms. The minimum Gasteiger partial charge on any atom is -0.396 e. The van der Waals surface area contributed by atoms with Gasteiger partial charge >= 0.3 is 0 Å². The fourth-order valence-electron chi connectivity index (χ4n) is 2.26. The van der Waals surface area contributed by atoms with Gasteiger partial charge in [-0.15, -0.1) is 0 Å². The van der Waals surface area contributed by atoms with Crippen molar-refractivity contribution >= 4 is 0 Å². The van der Waals surface area contributed by atoms with Gasteiger partial charge in [0.05, 0.1) is 0 Å². The van der Waals surface area contributed by atoms with Crippen molar-refractivity contribution in [2.24, 2.45) is 5.92 Å². The standard InChI is InChI=1S/C15H24O2/c1-10-7-11(2)13(4)15(12(10)3)6-5-14(8-16)9-17/h7,14,16-17H,5-6,8-9H2,1-4H3. The Morgan fingerprint density at radius 1 is 0.941 bits per heavy atom. The summed E-state index contributed by atoms with van der Waals surface area (Å²) in [7, 11) is 0. The number of aliphatic hydroxyl groups is 2. The van der Waals surface area contributed by atoms with Gasteiger partial charge in [0.25, 0.3) is 0 Å². The zero-order valence-electron chi connectivity index (χ0n) is 11.4. The molecule has 1 rings (SSSR count). The lowest BCUT2D eigenvalue weighted by Crippen LogP contribution is -2.13. The van der Waals surface area contributed by atoms with Crippen LogP contribution >= 0.6 is 0 Å². The average molecular weight is 236 g/mol. The molecule has 0 saturated heterocycles. The third kappa shape index (κ3) is 3.30. The summed E-state index contributed by atoms with van der Waals surface area (Å²) >= 11 is 0. The van der Waals surface area contributed by atoms with E-state index >= 15 is 0 Å². The molecule has 0 aliphatic rings. The summed E-state index contributed by atoms with van der Waals surface area (Å²) in [6.45, 7) is 8.73. The first-order valence-electron chi connectivity index (χ1n) is 6.29. The lowest BCUT2D eigenvalue weighted by molar-refractivity contribution is 0.144. The van der Waals surface area contributed by atoms with E-state index in [2.05, 4.69) is 33.8 Å². The van der Waals surface area contributed by atoms with Crippen molar-refractivity contribution in [1.29, 1.82) is 0 Å². The molecular weight excluding hydrogens is 212 g/mol. The fourth-order valence-corrected chi connectivity index (χ4v) is 2.26. The van der Waals surface area contributed by atoms with Gasteiger partial charge in [0.2, 0.25) is 0 Å². The summed E-state index contributed by atoms with van der Waals surface area (Å²) < 4.78 is 0. The molecule has 0 heterocycles. The van der Waals surface area contributed by atoms with E-state index < -0.39 is 0 Å². The molecule has 0 saturated carbocycles. The molecule has 0 radical (unpaired) electrons. The molecule has 17 heavy (non-hydrogen) atoms. The van der Waals surface area contributed by atoms with Crippen LogP contribution in [0, 0.1) is 33.6 Å². The molecule has 0 fully saturated rings. The molecule has 0 aliphatic heterocycles. The molecule has 96 valence electrons. The summed E-state index contributed by atoms with van der Waals surface area (Å²) in [6.07, 6.45) is 1.78. The predicted molar refractivity (Wildman–Crippen MR) is 71.4 cm³/mol. The SMILES string of the molecule is Cc1cc(C)c(C)c(CCC(CO)CO)c1C. The number of hydrogen-bond donors (Lipinski definition) is 2. The van der Waals surface area contributed by atoms with E-state index in [0.717, 1.165) is 12.8 Å². The van der Waals surface area contributed by atoms with Gasteiger partial charge in [-0.2, -0.15) is 0 Å². The van der Waals surface area contributed by atoms with E-state index in [4.69, 9.17) is 10.2 Å². The third-order valence-electron chi connectivity index (χ3n) is 3.84. The highest BCUT2D eigenvalue weighted by Gasteiger charge is 2.11. The maximum atomic E-state index is 9.09. The van der Waals surface area contributed by atoms with Gasteiger partial charge in [-0.05, 0) is 68.4 Å². The molecule has 0 bridgehead atoms. The second-order valence-electron chi connectivity index (χ2n) is 5.01. The van der Waals surface area contributed by atoms with Gasteiger partial charge in [-0.3, -0.25) is 0 Å². The van der Waals surface area contributed by atoms with Crippen molar-refractivity contribution in [3.05, 3.63) is 33.9 Å². The first-order valence-corrected chi connectivity index (χ1v) is 6.29. The first-order chi connectivity index (χ1) is 8.01. The molecule has 2 N–H and O–H groups in total. The van der Waals surface area contributed by atoms with Gasteiger partial charge in [-0.25, -0.2) is 0 Å². The Hall–Kier alpha value is -0.860. The Morgan fingerprint density at radius 3 is 1.82 bits per heavy atom. The van der Waals surface area contributed by atoms with Crippen LogP contribution in [0.2, 0.25) is 0 Å². The second kappa shape index (κ2) is 6.18. The molecule has 0 unspecified atom stereocenters. The van der Waals surface area contributed by atoms with Gasteiger partial charge in [-0.1, -0.05) is 6.07 Å². The highest BCUT2D eigenvalue weighted by Crippen LogP contribution is 2.23. The summed E-state index contributed by atoms with van der Waals surface area (Å²) in [5.41, 5.74) is 6.74. The van der Waals surface area contributed by atoms with E-state index in [0.29, 0.717) is 0 Å². The summed E-state index contributed by atoms with van der Waals surface area (Å²) in [4.78, 5) is 0. The predicted octanol–water partition coefficient (Wildman–Crippen LogP) is 2.45. The van der Waals surface area contributed by atoms with Gasteiger partial charge in [0, 0.05) is 19.1 Å².